The van der Waals surface area contributed by atoms with E-state index in [0.29, 0.717) is 12.0 Å². The van der Waals surface area contributed by atoms with Crippen molar-refractivity contribution in [2.24, 2.45) is 5.41 Å². The van der Waals surface area contributed by atoms with E-state index >= 15 is 0 Å². The lowest BCUT2D eigenvalue weighted by atomic mass is 10.2. The fourth-order valence-electron chi connectivity index (χ4n) is 0.634. The Labute approximate surface area is 55.2 Å². The van der Waals surface area contributed by atoms with Crippen LogP contribution in [0.25, 0.3) is 0 Å². The molecule has 0 aromatic heterocycles. The molecule has 0 aromatic rings. The van der Waals surface area contributed by atoms with Gasteiger partial charge in [0.2, 0.25) is 0 Å². The molecule has 1 aliphatic carbocycles. The fourth-order valence-corrected chi connectivity index (χ4v) is 0.634. The van der Waals surface area contributed by atoms with Gasteiger partial charge in [-0.05, 0) is 12.8 Å². The van der Waals surface area contributed by atoms with E-state index in [1.54, 1.807) is 0 Å². The smallest absolute Gasteiger partial charge is 0.302 e. The highest BCUT2D eigenvalue weighted by molar-refractivity contribution is 5.65. The summed E-state index contributed by atoms with van der Waals surface area (Å²) in [6.45, 7) is 4.20. The Bertz CT molecular complexity index is 125. The van der Waals surface area contributed by atoms with Crippen LogP contribution in [0.5, 0.6) is 0 Å². The van der Waals surface area contributed by atoms with E-state index in [-0.39, 0.29) is 5.97 Å². The van der Waals surface area contributed by atoms with E-state index in [9.17, 15) is 4.79 Å². The lowest BCUT2D eigenvalue weighted by Gasteiger charge is -2.06. The Kier molecular flexibility index (Phi) is 1.47. The van der Waals surface area contributed by atoms with E-state index in [1.165, 1.54) is 19.8 Å². The monoisotopic (exact) mass is 128 g/mol. The van der Waals surface area contributed by atoms with Gasteiger partial charge in [-0.2, -0.15) is 0 Å². The summed E-state index contributed by atoms with van der Waals surface area (Å²) in [6.07, 6.45) is 2.42. The van der Waals surface area contributed by atoms with Crippen molar-refractivity contribution in [3.63, 3.8) is 0 Å². The Morgan fingerprint density at radius 1 is 1.67 bits per heavy atom. The van der Waals surface area contributed by atoms with E-state index in [4.69, 9.17) is 4.74 Å². The van der Waals surface area contributed by atoms with Crippen molar-refractivity contribution in [2.45, 2.75) is 26.7 Å². The van der Waals surface area contributed by atoms with Crippen molar-refractivity contribution in [2.75, 3.05) is 6.61 Å². The SMILES string of the molecule is CC(=O)OCC1(C)CC1. The summed E-state index contributed by atoms with van der Waals surface area (Å²) in [5.74, 6) is -0.164. The van der Waals surface area contributed by atoms with Gasteiger partial charge in [-0.1, -0.05) is 6.92 Å². The largest absolute Gasteiger partial charge is 0.465 e. The molecule has 9 heavy (non-hydrogen) atoms. The maximum Gasteiger partial charge on any atom is 0.302 e. The lowest BCUT2D eigenvalue weighted by molar-refractivity contribution is -0.142. The number of ether oxygens (including phenoxy) is 1. The molecule has 0 saturated heterocycles. The Morgan fingerprint density at radius 2 is 2.22 bits per heavy atom. The molecule has 2 heteroatoms. The standard InChI is InChI=1S/C7H12O2/c1-6(8)9-5-7(2)3-4-7/h3-5H2,1-2H3. The molecule has 0 aromatic carbocycles. The minimum absolute atomic E-state index is 0.164. The van der Waals surface area contributed by atoms with Gasteiger partial charge in [0.15, 0.2) is 0 Å². The van der Waals surface area contributed by atoms with Gasteiger partial charge < -0.3 is 4.74 Å². The second-order valence-corrected chi connectivity index (χ2v) is 3.09. The summed E-state index contributed by atoms with van der Waals surface area (Å²) in [7, 11) is 0. The molecule has 0 amide bonds. The molecular weight excluding hydrogens is 116 g/mol. The predicted octanol–water partition coefficient (Wildman–Crippen LogP) is 1.35. The van der Waals surface area contributed by atoms with Crippen LogP contribution in [-0.2, 0) is 9.53 Å². The van der Waals surface area contributed by atoms with Crippen LogP contribution in [0.4, 0.5) is 0 Å². The first kappa shape index (κ1) is 6.59. The molecule has 0 heterocycles. The average molecular weight is 128 g/mol. The number of esters is 1. The molecular formula is C7H12O2. The summed E-state index contributed by atoms with van der Waals surface area (Å²) in [5, 5.41) is 0. The zero-order valence-corrected chi connectivity index (χ0v) is 5.94. The highest BCUT2D eigenvalue weighted by Gasteiger charge is 2.38. The zero-order chi connectivity index (χ0) is 6.91. The number of carbonyl (C=O) groups excluding carboxylic acids is 1. The van der Waals surface area contributed by atoms with E-state index in [0.717, 1.165) is 0 Å². The maximum absolute atomic E-state index is 10.3. The van der Waals surface area contributed by atoms with Crippen LogP contribution in [0.15, 0.2) is 0 Å². The third-order valence-electron chi connectivity index (χ3n) is 1.73. The van der Waals surface area contributed by atoms with Gasteiger partial charge in [-0.3, -0.25) is 4.79 Å². The zero-order valence-electron chi connectivity index (χ0n) is 5.94. The molecule has 1 aliphatic rings. The van der Waals surface area contributed by atoms with Crippen molar-refractivity contribution < 1.29 is 9.53 Å². The van der Waals surface area contributed by atoms with Crippen LogP contribution in [0, 0.1) is 5.41 Å². The molecule has 0 aliphatic heterocycles. The van der Waals surface area contributed by atoms with Crippen LogP contribution < -0.4 is 0 Å². The van der Waals surface area contributed by atoms with Gasteiger partial charge in [-0.25, -0.2) is 0 Å². The van der Waals surface area contributed by atoms with Crippen LogP contribution in [0.2, 0.25) is 0 Å². The molecule has 52 valence electrons. The Hall–Kier alpha value is -0.530. The molecule has 1 fully saturated rings. The van der Waals surface area contributed by atoms with Crippen LogP contribution in [0.1, 0.15) is 26.7 Å². The van der Waals surface area contributed by atoms with Crippen molar-refractivity contribution in [1.29, 1.82) is 0 Å². The number of hydrogen-bond acceptors (Lipinski definition) is 2. The summed E-state index contributed by atoms with van der Waals surface area (Å²) >= 11 is 0. The van der Waals surface area contributed by atoms with E-state index < -0.39 is 0 Å². The van der Waals surface area contributed by atoms with Crippen molar-refractivity contribution in [3.8, 4) is 0 Å². The average Bonchev–Trinajstić information content (AvgIpc) is 2.45. The first-order chi connectivity index (χ1) is 4.12. The first-order valence-electron chi connectivity index (χ1n) is 3.26. The lowest BCUT2D eigenvalue weighted by Crippen LogP contribution is -2.09. The normalized spacial score (nSPS) is 21.1. The number of hydrogen-bond donors (Lipinski definition) is 0. The minimum atomic E-state index is -0.164. The third-order valence-corrected chi connectivity index (χ3v) is 1.73. The topological polar surface area (TPSA) is 26.3 Å². The van der Waals surface area contributed by atoms with E-state index in [2.05, 4.69) is 6.92 Å². The van der Waals surface area contributed by atoms with Gasteiger partial charge >= 0.3 is 5.97 Å². The molecule has 0 bridgehead atoms. The summed E-state index contributed by atoms with van der Waals surface area (Å²) < 4.78 is 4.83. The molecule has 0 N–H and O–H groups in total. The molecule has 0 atom stereocenters. The van der Waals surface area contributed by atoms with Crippen molar-refractivity contribution in [1.82, 2.24) is 0 Å². The predicted molar refractivity (Wildman–Crippen MR) is 34.0 cm³/mol. The highest BCUT2D eigenvalue weighted by Crippen LogP contribution is 2.44. The Morgan fingerprint density at radius 3 is 2.56 bits per heavy atom. The van der Waals surface area contributed by atoms with Gasteiger partial charge in [0, 0.05) is 12.3 Å². The molecule has 1 saturated carbocycles. The maximum atomic E-state index is 10.3. The molecule has 0 spiro atoms. The summed E-state index contributed by atoms with van der Waals surface area (Å²) in [4.78, 5) is 10.3. The molecule has 0 unspecified atom stereocenters. The van der Waals surface area contributed by atoms with Crippen LogP contribution in [0.3, 0.4) is 0 Å². The number of carbonyl (C=O) groups is 1. The minimum Gasteiger partial charge on any atom is -0.465 e. The third kappa shape index (κ3) is 2.04. The second kappa shape index (κ2) is 2.01. The van der Waals surface area contributed by atoms with Crippen LogP contribution in [-0.4, -0.2) is 12.6 Å². The van der Waals surface area contributed by atoms with E-state index in [1.807, 2.05) is 0 Å². The first-order valence-corrected chi connectivity index (χ1v) is 3.26. The van der Waals surface area contributed by atoms with Crippen LogP contribution >= 0.6 is 0 Å². The second-order valence-electron chi connectivity index (χ2n) is 3.09. The fraction of sp³-hybridized carbons (Fsp3) is 0.857. The van der Waals surface area contributed by atoms with Crippen molar-refractivity contribution in [3.05, 3.63) is 0 Å². The van der Waals surface area contributed by atoms with Crippen molar-refractivity contribution >= 4 is 5.97 Å². The quantitative estimate of drug-likeness (QED) is 0.525. The molecule has 0 radical (unpaired) electrons. The summed E-state index contributed by atoms with van der Waals surface area (Å²) in [6, 6.07) is 0. The van der Waals surface area contributed by atoms with Gasteiger partial charge in [0.05, 0.1) is 6.61 Å². The Balaban J connectivity index is 2.12. The molecule has 1 rings (SSSR count). The van der Waals surface area contributed by atoms with Gasteiger partial charge in [0.1, 0.15) is 0 Å². The summed E-state index contributed by atoms with van der Waals surface area (Å²) in [5.41, 5.74) is 0.339. The number of rotatable bonds is 2. The van der Waals surface area contributed by atoms with Gasteiger partial charge in [0.25, 0.3) is 0 Å². The highest BCUT2D eigenvalue weighted by atomic mass is 16.5. The molecule has 2 nitrogen and oxygen atoms in total. The van der Waals surface area contributed by atoms with Gasteiger partial charge in [-0.15, -0.1) is 0 Å².